The molecule has 38 heavy (non-hydrogen) atoms. The van der Waals surface area contributed by atoms with Gasteiger partial charge in [0.1, 0.15) is 11.6 Å². The second kappa shape index (κ2) is 11.2. The Morgan fingerprint density at radius 1 is 1.13 bits per heavy atom. The van der Waals surface area contributed by atoms with Crippen LogP contribution in [0.1, 0.15) is 52.7 Å². The van der Waals surface area contributed by atoms with Crippen molar-refractivity contribution in [3.63, 3.8) is 0 Å². The van der Waals surface area contributed by atoms with Crippen molar-refractivity contribution < 1.29 is 18.7 Å². The van der Waals surface area contributed by atoms with Gasteiger partial charge in [0.05, 0.1) is 10.9 Å². The second-order valence-electron chi connectivity index (χ2n) is 11.4. The van der Waals surface area contributed by atoms with Crippen LogP contribution in [0.15, 0.2) is 45.9 Å². The van der Waals surface area contributed by atoms with E-state index in [9.17, 15) is 14.4 Å². The van der Waals surface area contributed by atoms with Gasteiger partial charge in [-0.25, -0.2) is 9.59 Å². The molecule has 3 rings (SSSR count). The molecule has 0 saturated heterocycles. The minimum atomic E-state index is -0.705. The molecule has 1 unspecified atom stereocenters. The van der Waals surface area contributed by atoms with E-state index in [-0.39, 0.29) is 17.3 Å². The first-order chi connectivity index (χ1) is 17.7. The molecule has 1 atom stereocenters. The molecular formula is C28H37N5O5. The number of aromatic nitrogens is 2. The van der Waals surface area contributed by atoms with Crippen molar-refractivity contribution in [2.24, 2.45) is 5.41 Å². The first-order valence-corrected chi connectivity index (χ1v) is 12.5. The highest BCUT2D eigenvalue weighted by molar-refractivity contribution is 5.93. The van der Waals surface area contributed by atoms with Gasteiger partial charge >= 0.3 is 11.7 Å². The monoisotopic (exact) mass is 523 g/mol. The summed E-state index contributed by atoms with van der Waals surface area (Å²) in [4.78, 5) is 48.8. The summed E-state index contributed by atoms with van der Waals surface area (Å²) in [7, 11) is 1.74. The summed E-state index contributed by atoms with van der Waals surface area (Å²) < 4.78 is 10.8. The molecule has 10 nitrogen and oxygen atoms in total. The van der Waals surface area contributed by atoms with Crippen LogP contribution < -0.4 is 16.3 Å². The number of aryl methyl sites for hydroxylation is 1. The summed E-state index contributed by atoms with van der Waals surface area (Å²) in [6.07, 6.45) is 3.52. The third-order valence-electron chi connectivity index (χ3n) is 5.91. The topological polar surface area (TPSA) is 127 Å². The van der Waals surface area contributed by atoms with Gasteiger partial charge < -0.3 is 19.4 Å². The molecule has 0 radical (unpaired) electrons. The number of benzene rings is 1. The lowest BCUT2D eigenvalue weighted by molar-refractivity contribution is -0.132. The summed E-state index contributed by atoms with van der Waals surface area (Å²) in [5.74, 6) is -0.154. The number of likely N-dealkylation sites (N-methyl/N-ethyl adjacent to an activating group) is 1. The average molecular weight is 524 g/mol. The van der Waals surface area contributed by atoms with Crippen LogP contribution >= 0.6 is 0 Å². The van der Waals surface area contributed by atoms with Crippen LogP contribution in [0.3, 0.4) is 0 Å². The van der Waals surface area contributed by atoms with Gasteiger partial charge in [-0.2, -0.15) is 4.98 Å². The maximum atomic E-state index is 13.4. The van der Waals surface area contributed by atoms with Gasteiger partial charge in [-0.15, -0.1) is 0 Å². The van der Waals surface area contributed by atoms with E-state index in [0.717, 1.165) is 5.56 Å². The molecule has 0 saturated carbocycles. The molecular weight excluding hydrogens is 486 g/mol. The van der Waals surface area contributed by atoms with Crippen LogP contribution in [0.25, 0.3) is 10.9 Å². The molecule has 0 spiro atoms. The van der Waals surface area contributed by atoms with Crippen LogP contribution in [0, 0.1) is 12.3 Å². The Morgan fingerprint density at radius 2 is 1.84 bits per heavy atom. The first kappa shape index (κ1) is 28.6. The summed E-state index contributed by atoms with van der Waals surface area (Å²) >= 11 is 0. The first-order valence-electron chi connectivity index (χ1n) is 12.5. The van der Waals surface area contributed by atoms with E-state index in [1.165, 1.54) is 0 Å². The van der Waals surface area contributed by atoms with Crippen molar-refractivity contribution in [1.82, 2.24) is 14.9 Å². The quantitative estimate of drug-likeness (QED) is 0.454. The molecule has 0 aliphatic carbocycles. The third-order valence-corrected chi connectivity index (χ3v) is 5.91. The number of rotatable bonds is 7. The van der Waals surface area contributed by atoms with Gasteiger partial charge in [0.25, 0.3) is 6.01 Å². The van der Waals surface area contributed by atoms with E-state index in [2.05, 4.69) is 20.6 Å². The molecule has 10 heteroatoms. The van der Waals surface area contributed by atoms with Gasteiger partial charge in [-0.1, -0.05) is 26.8 Å². The predicted molar refractivity (Wildman–Crippen MR) is 147 cm³/mol. The fourth-order valence-corrected chi connectivity index (χ4v) is 3.88. The van der Waals surface area contributed by atoms with Crippen molar-refractivity contribution in [2.45, 2.75) is 66.5 Å². The third kappa shape index (κ3) is 7.30. The van der Waals surface area contributed by atoms with E-state index in [1.807, 2.05) is 32.9 Å². The Bertz CT molecular complexity index is 1360. The normalized spacial score (nSPS) is 12.6. The van der Waals surface area contributed by atoms with Crippen LogP contribution in [-0.4, -0.2) is 52.1 Å². The van der Waals surface area contributed by atoms with Gasteiger partial charge in [-0.3, -0.25) is 15.1 Å². The molecule has 2 amide bonds. The highest BCUT2D eigenvalue weighted by atomic mass is 16.6. The van der Waals surface area contributed by atoms with E-state index in [1.54, 1.807) is 64.2 Å². The van der Waals surface area contributed by atoms with E-state index < -0.39 is 28.8 Å². The number of hydrogen-bond acceptors (Lipinski definition) is 8. The number of ether oxygens (including phenoxy) is 1. The lowest BCUT2D eigenvalue weighted by Crippen LogP contribution is -2.49. The summed E-state index contributed by atoms with van der Waals surface area (Å²) in [5, 5.41) is 5.95. The number of amides is 2. The fraction of sp³-hybridized carbons (Fsp3) is 0.464. The zero-order valence-corrected chi connectivity index (χ0v) is 23.3. The lowest BCUT2D eigenvalue weighted by Gasteiger charge is -2.33. The molecule has 204 valence electrons. The largest absolute Gasteiger partial charge is 0.444 e. The Morgan fingerprint density at radius 3 is 2.45 bits per heavy atom. The summed E-state index contributed by atoms with van der Waals surface area (Å²) in [5.41, 5.74) is 0.522. The molecule has 0 bridgehead atoms. The highest BCUT2D eigenvalue weighted by Gasteiger charge is 2.34. The molecule has 0 aliphatic rings. The summed E-state index contributed by atoms with van der Waals surface area (Å²) in [6.45, 7) is 13.3. The molecule has 1 aromatic carbocycles. The number of anilines is 2. The molecule has 2 aromatic heterocycles. The highest BCUT2D eigenvalue weighted by Crippen LogP contribution is 2.27. The SMILES string of the molecule is Cc1c(NC(=O)OC(C)(C)C)ccc2nc(NC(C(=O)N(C)CCc3cccnc3)C(C)(C)C)oc(=O)c12. The zero-order chi connectivity index (χ0) is 28.3. The van der Waals surface area contributed by atoms with Gasteiger partial charge in [0, 0.05) is 31.7 Å². The van der Waals surface area contributed by atoms with E-state index in [0.29, 0.717) is 29.7 Å². The van der Waals surface area contributed by atoms with Crippen molar-refractivity contribution in [3.05, 3.63) is 58.2 Å². The van der Waals surface area contributed by atoms with Crippen LogP contribution in [-0.2, 0) is 16.0 Å². The minimum Gasteiger partial charge on any atom is -0.444 e. The van der Waals surface area contributed by atoms with Gasteiger partial charge in [-0.05, 0) is 68.9 Å². The standard InChI is InChI=1S/C28H37N5O5/c1-17-19(31-26(36)38-28(5,6)7)11-12-20-21(17)24(35)37-25(30-20)32-22(27(2,3)4)23(34)33(8)15-13-18-10-9-14-29-16-18/h9-12,14,16,22H,13,15H2,1-8H3,(H,30,32)(H,31,36). The molecule has 0 aliphatic heterocycles. The maximum Gasteiger partial charge on any atom is 0.412 e. The Balaban J connectivity index is 1.83. The smallest absolute Gasteiger partial charge is 0.412 e. The van der Waals surface area contributed by atoms with Gasteiger partial charge in [0.2, 0.25) is 5.91 Å². The second-order valence-corrected chi connectivity index (χ2v) is 11.4. The lowest BCUT2D eigenvalue weighted by atomic mass is 9.86. The number of nitrogens with one attached hydrogen (secondary N) is 2. The Kier molecular flexibility index (Phi) is 8.44. The number of carbonyl (C=O) groups is 2. The van der Waals surface area contributed by atoms with E-state index in [4.69, 9.17) is 9.15 Å². The predicted octanol–water partition coefficient (Wildman–Crippen LogP) is 4.77. The Hall–Kier alpha value is -3.95. The number of nitrogens with zero attached hydrogens (tertiary/aromatic N) is 3. The van der Waals surface area contributed by atoms with Crippen LogP contribution in [0.4, 0.5) is 16.5 Å². The molecule has 0 fully saturated rings. The molecule has 2 N–H and O–H groups in total. The minimum absolute atomic E-state index is 0.0521. The Labute approximate surface area is 222 Å². The molecule has 2 heterocycles. The molecule has 3 aromatic rings. The van der Waals surface area contributed by atoms with Crippen LogP contribution in [0.5, 0.6) is 0 Å². The number of fused-ring (bicyclic) bond motifs is 1. The van der Waals surface area contributed by atoms with Crippen molar-refractivity contribution in [3.8, 4) is 0 Å². The van der Waals surface area contributed by atoms with Crippen molar-refractivity contribution >= 4 is 34.6 Å². The zero-order valence-electron chi connectivity index (χ0n) is 23.3. The van der Waals surface area contributed by atoms with Gasteiger partial charge in [0.15, 0.2) is 0 Å². The number of hydrogen-bond donors (Lipinski definition) is 2. The summed E-state index contributed by atoms with van der Waals surface area (Å²) in [6, 6.07) is 6.34. The van der Waals surface area contributed by atoms with Crippen LogP contribution in [0.2, 0.25) is 0 Å². The van der Waals surface area contributed by atoms with E-state index >= 15 is 0 Å². The average Bonchev–Trinajstić information content (AvgIpc) is 2.81. The maximum absolute atomic E-state index is 13.4. The number of carbonyl (C=O) groups excluding carboxylic acids is 2. The van der Waals surface area contributed by atoms with Crippen molar-refractivity contribution in [1.29, 1.82) is 0 Å². The fourth-order valence-electron chi connectivity index (χ4n) is 3.88. The number of pyridine rings is 1. The van der Waals surface area contributed by atoms with Crippen molar-refractivity contribution in [2.75, 3.05) is 24.2 Å².